The van der Waals surface area contributed by atoms with Gasteiger partial charge in [-0.15, -0.1) is 0 Å². The Morgan fingerprint density at radius 2 is 1.81 bits per heavy atom. The molecule has 0 aliphatic carbocycles. The Hall–Kier alpha value is -2.96. The van der Waals surface area contributed by atoms with Gasteiger partial charge in [0.2, 0.25) is 5.91 Å². The second-order valence-corrected chi connectivity index (χ2v) is 7.29. The molecule has 0 spiro atoms. The number of hydrogen-bond donors (Lipinski definition) is 1. The van der Waals surface area contributed by atoms with Crippen molar-refractivity contribution in [2.75, 3.05) is 6.61 Å². The summed E-state index contributed by atoms with van der Waals surface area (Å²) in [5, 5.41) is 13.9. The summed E-state index contributed by atoms with van der Waals surface area (Å²) in [5.74, 6) is -0.725. The number of ether oxygens (including phenoxy) is 1. The Morgan fingerprint density at radius 1 is 1.19 bits per heavy atom. The fraction of sp³-hybridized carbons (Fsp3) is 0.350. The number of carbonyl (C=O) groups is 1. The minimum atomic E-state index is -0.509. The fourth-order valence-corrected chi connectivity index (χ4v) is 2.50. The second-order valence-electron chi connectivity index (χ2n) is 7.29. The first-order valence-corrected chi connectivity index (χ1v) is 8.57. The van der Waals surface area contributed by atoms with Crippen molar-refractivity contribution in [1.82, 2.24) is 5.32 Å². The average molecular weight is 374 g/mol. The molecule has 0 saturated heterocycles. The number of carbonyl (C=O) groups excluding carboxylic acids is 1. The van der Waals surface area contributed by atoms with Crippen molar-refractivity contribution in [3.63, 3.8) is 0 Å². The summed E-state index contributed by atoms with van der Waals surface area (Å²) < 4.78 is 19.3. The van der Waals surface area contributed by atoms with Crippen LogP contribution in [0.2, 0.25) is 0 Å². The topological polar surface area (TPSA) is 81.5 Å². The molecule has 0 fully saturated rings. The van der Waals surface area contributed by atoms with Gasteiger partial charge in [0.05, 0.1) is 17.4 Å². The Labute approximate surface area is 157 Å². The average Bonchev–Trinajstić information content (AvgIpc) is 2.59. The van der Waals surface area contributed by atoms with E-state index in [-0.39, 0.29) is 35.8 Å². The number of para-hydroxylation sites is 2. The van der Waals surface area contributed by atoms with Crippen molar-refractivity contribution in [2.45, 2.75) is 33.2 Å². The Balaban J connectivity index is 2.07. The van der Waals surface area contributed by atoms with E-state index in [9.17, 15) is 19.3 Å². The first kappa shape index (κ1) is 20.4. The first-order chi connectivity index (χ1) is 12.7. The minimum absolute atomic E-state index is 0.0764. The van der Waals surface area contributed by atoms with Crippen LogP contribution in [0.25, 0.3) is 0 Å². The van der Waals surface area contributed by atoms with Crippen LogP contribution in [0.1, 0.15) is 26.3 Å². The van der Waals surface area contributed by atoms with E-state index in [1.807, 2.05) is 20.8 Å². The van der Waals surface area contributed by atoms with Gasteiger partial charge in [-0.1, -0.05) is 51.1 Å². The lowest BCUT2D eigenvalue weighted by atomic mass is 9.87. The SMILES string of the molecule is CC(C)(C)C(COc1ccccc1F)NC(=O)Cc1ccccc1[N+](=O)[O-]. The number of nitro groups is 1. The molecule has 1 N–H and O–H groups in total. The quantitative estimate of drug-likeness (QED) is 0.589. The van der Waals surface area contributed by atoms with Gasteiger partial charge in [-0.25, -0.2) is 4.39 Å². The number of rotatable bonds is 7. The molecule has 6 nitrogen and oxygen atoms in total. The third kappa shape index (κ3) is 5.77. The molecule has 0 bridgehead atoms. The van der Waals surface area contributed by atoms with Crippen molar-refractivity contribution in [1.29, 1.82) is 0 Å². The minimum Gasteiger partial charge on any atom is -0.488 e. The fourth-order valence-electron chi connectivity index (χ4n) is 2.50. The predicted octanol–water partition coefficient (Wildman–Crippen LogP) is 3.89. The molecule has 0 radical (unpaired) electrons. The standard InChI is InChI=1S/C20H23FN2O4/c1-20(2,3)18(13-27-17-11-7-5-9-15(17)21)22-19(24)12-14-8-4-6-10-16(14)23(25)26/h4-11,18H,12-13H2,1-3H3,(H,22,24). The number of nitrogens with zero attached hydrogens (tertiary/aromatic N) is 1. The molecule has 2 aromatic rings. The lowest BCUT2D eigenvalue weighted by molar-refractivity contribution is -0.385. The zero-order valence-corrected chi connectivity index (χ0v) is 15.6. The normalized spacial score (nSPS) is 12.3. The second kappa shape index (κ2) is 8.62. The van der Waals surface area contributed by atoms with Gasteiger partial charge in [-0.05, 0) is 17.5 Å². The van der Waals surface area contributed by atoms with Crippen molar-refractivity contribution in [3.05, 3.63) is 70.0 Å². The molecule has 27 heavy (non-hydrogen) atoms. The van der Waals surface area contributed by atoms with E-state index in [0.717, 1.165) is 0 Å². The number of halogens is 1. The van der Waals surface area contributed by atoms with E-state index in [1.54, 1.807) is 30.3 Å². The molecule has 0 aliphatic rings. The summed E-state index contributed by atoms with van der Waals surface area (Å²) in [6, 6.07) is 11.8. The molecule has 1 unspecified atom stereocenters. The first-order valence-electron chi connectivity index (χ1n) is 8.57. The van der Waals surface area contributed by atoms with E-state index in [1.165, 1.54) is 18.2 Å². The van der Waals surface area contributed by atoms with E-state index in [0.29, 0.717) is 5.56 Å². The van der Waals surface area contributed by atoms with Crippen molar-refractivity contribution in [2.24, 2.45) is 5.41 Å². The summed E-state index contributed by atoms with van der Waals surface area (Å²) in [6.45, 7) is 5.85. The van der Waals surface area contributed by atoms with Gasteiger partial charge in [0, 0.05) is 11.6 Å². The molecular formula is C20H23FN2O4. The molecule has 0 aromatic heterocycles. The number of nitro benzene ring substituents is 1. The van der Waals surface area contributed by atoms with Gasteiger partial charge in [-0.2, -0.15) is 0 Å². The Kier molecular flexibility index (Phi) is 6.50. The van der Waals surface area contributed by atoms with Gasteiger partial charge in [0.1, 0.15) is 6.61 Å². The molecule has 2 rings (SSSR count). The van der Waals surface area contributed by atoms with E-state index in [4.69, 9.17) is 4.74 Å². The molecule has 7 heteroatoms. The highest BCUT2D eigenvalue weighted by Crippen LogP contribution is 2.23. The number of nitrogens with one attached hydrogen (secondary N) is 1. The highest BCUT2D eigenvalue weighted by atomic mass is 19.1. The maximum atomic E-state index is 13.7. The van der Waals surface area contributed by atoms with Gasteiger partial charge < -0.3 is 10.1 Å². The summed E-state index contributed by atoms with van der Waals surface area (Å²) in [6.07, 6.45) is -0.122. The van der Waals surface area contributed by atoms with Crippen LogP contribution in [0.15, 0.2) is 48.5 Å². The van der Waals surface area contributed by atoms with E-state index < -0.39 is 16.8 Å². The van der Waals surface area contributed by atoms with Crippen LogP contribution in [0.4, 0.5) is 10.1 Å². The summed E-state index contributed by atoms with van der Waals surface area (Å²) in [5.41, 5.74) is -0.117. The van der Waals surface area contributed by atoms with Crippen LogP contribution in [0.3, 0.4) is 0 Å². The lowest BCUT2D eigenvalue weighted by Crippen LogP contribution is -2.48. The molecule has 2 aromatic carbocycles. The number of amides is 1. The van der Waals surface area contributed by atoms with Crippen LogP contribution >= 0.6 is 0 Å². The Bertz CT molecular complexity index is 818. The van der Waals surface area contributed by atoms with Crippen LogP contribution in [-0.2, 0) is 11.2 Å². The van der Waals surface area contributed by atoms with E-state index >= 15 is 0 Å². The highest BCUT2D eigenvalue weighted by Gasteiger charge is 2.28. The smallest absolute Gasteiger partial charge is 0.273 e. The zero-order chi connectivity index (χ0) is 20.0. The summed E-state index contributed by atoms with van der Waals surface area (Å²) in [4.78, 5) is 23.0. The predicted molar refractivity (Wildman–Crippen MR) is 100 cm³/mol. The number of hydrogen-bond acceptors (Lipinski definition) is 4. The molecule has 0 heterocycles. The maximum absolute atomic E-state index is 13.7. The molecule has 1 atom stereocenters. The molecule has 0 aliphatic heterocycles. The largest absolute Gasteiger partial charge is 0.488 e. The van der Waals surface area contributed by atoms with Crippen molar-refractivity contribution < 1.29 is 18.8 Å². The van der Waals surface area contributed by atoms with Crippen molar-refractivity contribution >= 4 is 11.6 Å². The lowest BCUT2D eigenvalue weighted by Gasteiger charge is -2.31. The van der Waals surface area contributed by atoms with Gasteiger partial charge in [-0.3, -0.25) is 14.9 Å². The highest BCUT2D eigenvalue weighted by molar-refractivity contribution is 5.80. The third-order valence-corrected chi connectivity index (χ3v) is 4.16. The summed E-state index contributed by atoms with van der Waals surface area (Å²) >= 11 is 0. The van der Waals surface area contributed by atoms with Gasteiger partial charge >= 0.3 is 0 Å². The van der Waals surface area contributed by atoms with Gasteiger partial charge in [0.25, 0.3) is 5.69 Å². The molecule has 0 saturated carbocycles. The van der Waals surface area contributed by atoms with Crippen molar-refractivity contribution in [3.8, 4) is 5.75 Å². The van der Waals surface area contributed by atoms with Crippen LogP contribution in [-0.4, -0.2) is 23.5 Å². The molecule has 1 amide bonds. The van der Waals surface area contributed by atoms with Crippen LogP contribution in [0, 0.1) is 21.3 Å². The maximum Gasteiger partial charge on any atom is 0.273 e. The van der Waals surface area contributed by atoms with Crippen LogP contribution in [0.5, 0.6) is 5.75 Å². The van der Waals surface area contributed by atoms with E-state index in [2.05, 4.69) is 5.32 Å². The zero-order valence-electron chi connectivity index (χ0n) is 15.6. The van der Waals surface area contributed by atoms with Gasteiger partial charge in [0.15, 0.2) is 11.6 Å². The summed E-state index contributed by atoms with van der Waals surface area (Å²) in [7, 11) is 0. The molecular weight excluding hydrogens is 351 g/mol. The monoisotopic (exact) mass is 374 g/mol. The Morgan fingerprint density at radius 3 is 2.44 bits per heavy atom. The number of benzene rings is 2. The van der Waals surface area contributed by atoms with Crippen LogP contribution < -0.4 is 10.1 Å². The third-order valence-electron chi connectivity index (χ3n) is 4.16. The molecule has 144 valence electrons.